The van der Waals surface area contributed by atoms with Gasteiger partial charge in [-0.2, -0.15) is 0 Å². The summed E-state index contributed by atoms with van der Waals surface area (Å²) in [4.78, 5) is 10.3. The number of hydrogen-bond donors (Lipinski definition) is 1. The summed E-state index contributed by atoms with van der Waals surface area (Å²) < 4.78 is 25.5. The highest BCUT2D eigenvalue weighted by Crippen LogP contribution is 2.35. The van der Waals surface area contributed by atoms with E-state index < -0.39 is 6.43 Å². The summed E-state index contributed by atoms with van der Waals surface area (Å²) in [6.45, 7) is 3.79. The van der Waals surface area contributed by atoms with Gasteiger partial charge in [-0.25, -0.2) is 8.78 Å². The number of aromatic hydroxyl groups is 1. The van der Waals surface area contributed by atoms with E-state index in [4.69, 9.17) is 0 Å². The quantitative estimate of drug-likeness (QED) is 0.801. The van der Waals surface area contributed by atoms with Crippen molar-refractivity contribution >= 4 is 6.29 Å². The van der Waals surface area contributed by atoms with Crippen molar-refractivity contribution in [3.8, 4) is 5.75 Å². The van der Waals surface area contributed by atoms with E-state index in [1.165, 1.54) is 6.07 Å². The van der Waals surface area contributed by atoms with Crippen molar-refractivity contribution in [3.05, 3.63) is 28.8 Å². The van der Waals surface area contributed by atoms with Gasteiger partial charge in [0, 0.05) is 6.42 Å². The van der Waals surface area contributed by atoms with E-state index in [0.717, 1.165) is 5.56 Å². The van der Waals surface area contributed by atoms with Gasteiger partial charge in [0.1, 0.15) is 12.0 Å². The Kier molecular flexibility index (Phi) is 4.61. The van der Waals surface area contributed by atoms with Crippen molar-refractivity contribution in [2.75, 3.05) is 0 Å². The van der Waals surface area contributed by atoms with Gasteiger partial charge in [-0.3, -0.25) is 0 Å². The van der Waals surface area contributed by atoms with Gasteiger partial charge < -0.3 is 9.90 Å². The summed E-state index contributed by atoms with van der Waals surface area (Å²) in [5.41, 5.74) is 0.815. The lowest BCUT2D eigenvalue weighted by Crippen LogP contribution is -1.98. The Balaban J connectivity index is 3.22. The Labute approximate surface area is 99.3 Å². The molecule has 94 valence electrons. The second-order valence-electron chi connectivity index (χ2n) is 4.28. The van der Waals surface area contributed by atoms with Gasteiger partial charge in [-0.15, -0.1) is 0 Å². The topological polar surface area (TPSA) is 37.3 Å². The second-order valence-corrected chi connectivity index (χ2v) is 4.28. The summed E-state index contributed by atoms with van der Waals surface area (Å²) >= 11 is 0. The molecular weight excluding hydrogens is 226 g/mol. The minimum atomic E-state index is -2.70. The average Bonchev–Trinajstić information content (AvgIpc) is 2.26. The van der Waals surface area contributed by atoms with E-state index in [1.54, 1.807) is 6.07 Å². The molecule has 0 heterocycles. The first-order chi connectivity index (χ1) is 7.97. The molecule has 0 aromatic heterocycles. The molecule has 0 fully saturated rings. The predicted octanol–water partition coefficient (Wildman–Crippen LogP) is 3.58. The van der Waals surface area contributed by atoms with Crippen molar-refractivity contribution in [2.24, 2.45) is 0 Å². The number of aryl methyl sites for hydroxylation is 1. The molecule has 1 aromatic carbocycles. The largest absolute Gasteiger partial charge is 0.507 e. The first-order valence-electron chi connectivity index (χ1n) is 5.54. The number of phenols is 1. The Hall–Kier alpha value is -1.45. The fraction of sp³-hybridized carbons (Fsp3) is 0.462. The van der Waals surface area contributed by atoms with Crippen LogP contribution in [0.5, 0.6) is 5.75 Å². The van der Waals surface area contributed by atoms with Crippen molar-refractivity contribution in [2.45, 2.75) is 39.0 Å². The zero-order valence-corrected chi connectivity index (χ0v) is 9.91. The molecular formula is C13H16F2O2. The first-order valence-corrected chi connectivity index (χ1v) is 5.54. The normalized spacial score (nSPS) is 11.2. The highest BCUT2D eigenvalue weighted by Gasteiger charge is 2.18. The Morgan fingerprint density at radius 3 is 2.47 bits per heavy atom. The number of benzene rings is 1. The average molecular weight is 242 g/mol. The van der Waals surface area contributed by atoms with Crippen LogP contribution in [0.3, 0.4) is 0 Å². The summed E-state index contributed by atoms with van der Waals surface area (Å²) in [6.07, 6.45) is -1.49. The fourth-order valence-corrected chi connectivity index (χ4v) is 1.65. The van der Waals surface area contributed by atoms with E-state index in [1.807, 2.05) is 13.8 Å². The summed E-state index contributed by atoms with van der Waals surface area (Å²) in [5, 5.41) is 9.70. The van der Waals surface area contributed by atoms with Crippen molar-refractivity contribution < 1.29 is 18.7 Å². The molecule has 0 amide bonds. The predicted molar refractivity (Wildman–Crippen MR) is 61.5 cm³/mol. The molecule has 1 rings (SSSR count). The lowest BCUT2D eigenvalue weighted by atomic mass is 9.95. The van der Waals surface area contributed by atoms with Crippen LogP contribution in [-0.4, -0.2) is 11.4 Å². The van der Waals surface area contributed by atoms with Crippen molar-refractivity contribution in [1.29, 1.82) is 0 Å². The number of alkyl halides is 2. The van der Waals surface area contributed by atoms with E-state index in [9.17, 15) is 18.7 Å². The van der Waals surface area contributed by atoms with Crippen LogP contribution in [-0.2, 0) is 11.2 Å². The minimum Gasteiger partial charge on any atom is -0.507 e. The summed E-state index contributed by atoms with van der Waals surface area (Å²) in [5.74, 6) is -0.283. The second kappa shape index (κ2) is 5.75. The molecule has 1 aromatic rings. The van der Waals surface area contributed by atoms with Gasteiger partial charge in [0.25, 0.3) is 6.43 Å². The van der Waals surface area contributed by atoms with Gasteiger partial charge >= 0.3 is 0 Å². The third-order valence-corrected chi connectivity index (χ3v) is 2.67. The van der Waals surface area contributed by atoms with Crippen molar-refractivity contribution in [1.82, 2.24) is 0 Å². The van der Waals surface area contributed by atoms with Crippen LogP contribution in [0.4, 0.5) is 8.78 Å². The maximum absolute atomic E-state index is 12.7. The molecule has 0 spiro atoms. The van der Waals surface area contributed by atoms with Crippen LogP contribution in [0.1, 0.15) is 49.3 Å². The maximum atomic E-state index is 12.7. The van der Waals surface area contributed by atoms with Gasteiger partial charge in [0.05, 0.1) is 5.56 Å². The van der Waals surface area contributed by atoms with Crippen LogP contribution < -0.4 is 0 Å². The van der Waals surface area contributed by atoms with E-state index in [2.05, 4.69) is 0 Å². The minimum absolute atomic E-state index is 0.100. The highest BCUT2D eigenvalue weighted by atomic mass is 19.3. The fourth-order valence-electron chi connectivity index (χ4n) is 1.65. The number of halogens is 2. The van der Waals surface area contributed by atoms with Gasteiger partial charge in [-0.05, 0) is 29.5 Å². The Morgan fingerprint density at radius 2 is 2.00 bits per heavy atom. The Morgan fingerprint density at radius 1 is 1.35 bits per heavy atom. The number of hydrogen-bond acceptors (Lipinski definition) is 2. The molecule has 0 radical (unpaired) electrons. The summed E-state index contributed by atoms with van der Waals surface area (Å²) in [6, 6.07) is 3.02. The summed E-state index contributed by atoms with van der Waals surface area (Å²) in [7, 11) is 0. The molecule has 0 saturated carbocycles. The van der Waals surface area contributed by atoms with Gasteiger partial charge in [0.2, 0.25) is 0 Å². The third-order valence-electron chi connectivity index (χ3n) is 2.67. The number of rotatable bonds is 5. The zero-order chi connectivity index (χ0) is 13.0. The molecule has 0 atom stereocenters. The van der Waals surface area contributed by atoms with Crippen LogP contribution in [0, 0.1) is 0 Å². The smallest absolute Gasteiger partial charge is 0.267 e. The van der Waals surface area contributed by atoms with E-state index in [0.29, 0.717) is 11.8 Å². The van der Waals surface area contributed by atoms with Crippen LogP contribution in [0.15, 0.2) is 12.1 Å². The molecule has 0 unspecified atom stereocenters. The lowest BCUT2D eigenvalue weighted by molar-refractivity contribution is -0.107. The molecule has 17 heavy (non-hydrogen) atoms. The number of carbonyl (C=O) groups excluding carboxylic acids is 1. The molecule has 0 bridgehead atoms. The van der Waals surface area contributed by atoms with Crippen LogP contribution in [0.25, 0.3) is 0 Å². The molecule has 2 nitrogen and oxygen atoms in total. The molecule has 0 aliphatic carbocycles. The van der Waals surface area contributed by atoms with Gasteiger partial charge in [-0.1, -0.05) is 19.9 Å². The highest BCUT2D eigenvalue weighted by molar-refractivity contribution is 5.52. The van der Waals surface area contributed by atoms with Crippen LogP contribution >= 0.6 is 0 Å². The van der Waals surface area contributed by atoms with E-state index in [-0.39, 0.29) is 30.1 Å². The first kappa shape index (κ1) is 13.6. The lowest BCUT2D eigenvalue weighted by Gasteiger charge is -2.14. The molecule has 4 heteroatoms. The van der Waals surface area contributed by atoms with Crippen LogP contribution in [0.2, 0.25) is 0 Å². The van der Waals surface area contributed by atoms with E-state index >= 15 is 0 Å². The van der Waals surface area contributed by atoms with Gasteiger partial charge in [0.15, 0.2) is 0 Å². The standard InChI is InChI=1S/C13H16F2O2/c1-8(2)10-6-9(4-3-5-16)12(17)11(7-10)13(14)15/h5-8,13,17H,3-4H2,1-2H3. The van der Waals surface area contributed by atoms with Crippen molar-refractivity contribution in [3.63, 3.8) is 0 Å². The molecule has 0 saturated heterocycles. The number of phenolic OH excluding ortho intramolecular Hbond substituents is 1. The molecule has 0 aliphatic heterocycles. The SMILES string of the molecule is CC(C)c1cc(CCC=O)c(O)c(C(F)F)c1. The zero-order valence-electron chi connectivity index (χ0n) is 9.91. The number of carbonyl (C=O) groups is 1. The monoisotopic (exact) mass is 242 g/mol. The molecule has 1 N–H and O–H groups in total. The number of aldehydes is 1. The maximum Gasteiger partial charge on any atom is 0.267 e. The third kappa shape index (κ3) is 3.25. The Bertz CT molecular complexity index is 401. The molecule has 0 aliphatic rings.